The SMILES string of the molecule is Cc1cc(F)ccc1S(=O)(=O)N(C)Cc1ccc(F)cc1. The van der Waals surface area contributed by atoms with E-state index in [1.807, 2.05) is 0 Å². The molecule has 2 aromatic rings. The predicted octanol–water partition coefficient (Wildman–Crippen LogP) is 3.09. The Kier molecular flexibility index (Phi) is 4.39. The van der Waals surface area contributed by atoms with Crippen LogP contribution in [0.4, 0.5) is 8.78 Å². The van der Waals surface area contributed by atoms with E-state index in [0.29, 0.717) is 11.1 Å². The lowest BCUT2D eigenvalue weighted by atomic mass is 10.2. The molecular weight excluding hydrogens is 296 g/mol. The molecule has 0 saturated heterocycles. The van der Waals surface area contributed by atoms with E-state index in [9.17, 15) is 17.2 Å². The van der Waals surface area contributed by atoms with Crippen molar-refractivity contribution < 1.29 is 17.2 Å². The molecule has 0 spiro atoms. The van der Waals surface area contributed by atoms with Crippen LogP contribution < -0.4 is 0 Å². The van der Waals surface area contributed by atoms with Gasteiger partial charge >= 0.3 is 0 Å². The van der Waals surface area contributed by atoms with Crippen molar-refractivity contribution in [1.29, 1.82) is 0 Å². The minimum Gasteiger partial charge on any atom is -0.207 e. The van der Waals surface area contributed by atoms with Gasteiger partial charge in [0.1, 0.15) is 11.6 Å². The first kappa shape index (κ1) is 15.6. The summed E-state index contributed by atoms with van der Waals surface area (Å²) in [5, 5.41) is 0. The second-order valence-corrected chi connectivity index (χ2v) is 6.81. The van der Waals surface area contributed by atoms with E-state index >= 15 is 0 Å². The van der Waals surface area contributed by atoms with E-state index in [1.54, 1.807) is 6.92 Å². The van der Waals surface area contributed by atoms with E-state index in [2.05, 4.69) is 0 Å². The number of rotatable bonds is 4. The molecule has 0 aliphatic heterocycles. The van der Waals surface area contributed by atoms with E-state index in [4.69, 9.17) is 0 Å². The molecule has 21 heavy (non-hydrogen) atoms. The molecule has 0 saturated carbocycles. The van der Waals surface area contributed by atoms with Crippen LogP contribution in [-0.4, -0.2) is 19.8 Å². The molecule has 0 N–H and O–H groups in total. The van der Waals surface area contributed by atoms with Crippen molar-refractivity contribution in [2.75, 3.05) is 7.05 Å². The number of nitrogens with zero attached hydrogens (tertiary/aromatic N) is 1. The van der Waals surface area contributed by atoms with E-state index in [0.717, 1.165) is 10.4 Å². The third-order valence-electron chi connectivity index (χ3n) is 3.14. The topological polar surface area (TPSA) is 37.4 Å². The molecule has 6 heteroatoms. The molecule has 0 aliphatic carbocycles. The highest BCUT2D eigenvalue weighted by Gasteiger charge is 2.23. The molecule has 0 bridgehead atoms. The van der Waals surface area contributed by atoms with Gasteiger partial charge in [0.25, 0.3) is 0 Å². The molecule has 0 radical (unpaired) electrons. The average Bonchev–Trinajstić information content (AvgIpc) is 2.40. The molecule has 0 amide bonds. The summed E-state index contributed by atoms with van der Waals surface area (Å²) in [6.45, 7) is 1.65. The highest BCUT2D eigenvalue weighted by molar-refractivity contribution is 7.89. The van der Waals surface area contributed by atoms with Gasteiger partial charge in [-0.15, -0.1) is 0 Å². The van der Waals surface area contributed by atoms with Crippen LogP contribution in [0.3, 0.4) is 0 Å². The van der Waals surface area contributed by atoms with Crippen molar-refractivity contribution >= 4 is 10.0 Å². The second kappa shape index (κ2) is 5.91. The lowest BCUT2D eigenvalue weighted by Crippen LogP contribution is -2.27. The van der Waals surface area contributed by atoms with Gasteiger partial charge in [0.15, 0.2) is 0 Å². The fraction of sp³-hybridized carbons (Fsp3) is 0.200. The van der Waals surface area contributed by atoms with Crippen LogP contribution in [0.15, 0.2) is 47.4 Å². The smallest absolute Gasteiger partial charge is 0.207 e. The maximum Gasteiger partial charge on any atom is 0.243 e. The zero-order valence-electron chi connectivity index (χ0n) is 11.7. The van der Waals surface area contributed by atoms with Crippen LogP contribution in [0.5, 0.6) is 0 Å². The monoisotopic (exact) mass is 311 g/mol. The van der Waals surface area contributed by atoms with Gasteiger partial charge in [-0.1, -0.05) is 12.1 Å². The van der Waals surface area contributed by atoms with Crippen molar-refractivity contribution in [3.05, 3.63) is 65.2 Å². The van der Waals surface area contributed by atoms with Gasteiger partial charge in [0, 0.05) is 13.6 Å². The molecule has 0 atom stereocenters. The highest BCUT2D eigenvalue weighted by atomic mass is 32.2. The summed E-state index contributed by atoms with van der Waals surface area (Å²) in [5.41, 5.74) is 1.02. The summed E-state index contributed by atoms with van der Waals surface area (Å²) in [4.78, 5) is 0.0634. The van der Waals surface area contributed by atoms with E-state index < -0.39 is 15.8 Å². The highest BCUT2D eigenvalue weighted by Crippen LogP contribution is 2.21. The van der Waals surface area contributed by atoms with Crippen molar-refractivity contribution in [2.24, 2.45) is 0 Å². The van der Waals surface area contributed by atoms with Gasteiger partial charge in [0.05, 0.1) is 4.90 Å². The van der Waals surface area contributed by atoms with Gasteiger partial charge in [0.2, 0.25) is 10.0 Å². The third kappa shape index (κ3) is 3.46. The van der Waals surface area contributed by atoms with Gasteiger partial charge in [-0.05, 0) is 48.4 Å². The summed E-state index contributed by atoms with van der Waals surface area (Å²) in [6.07, 6.45) is 0. The first-order valence-corrected chi connectivity index (χ1v) is 7.71. The Morgan fingerprint density at radius 1 is 1.00 bits per heavy atom. The minimum atomic E-state index is -3.72. The van der Waals surface area contributed by atoms with Crippen LogP contribution in [0.1, 0.15) is 11.1 Å². The Hall–Kier alpha value is -1.79. The summed E-state index contributed by atoms with van der Waals surface area (Å²) >= 11 is 0. The van der Waals surface area contributed by atoms with Crippen molar-refractivity contribution in [2.45, 2.75) is 18.4 Å². The molecule has 2 aromatic carbocycles. The van der Waals surface area contributed by atoms with Crippen molar-refractivity contribution in [1.82, 2.24) is 4.31 Å². The summed E-state index contributed by atoms with van der Waals surface area (Å²) in [5.74, 6) is -0.855. The van der Waals surface area contributed by atoms with Gasteiger partial charge in [-0.2, -0.15) is 4.31 Å². The Morgan fingerprint density at radius 3 is 2.14 bits per heavy atom. The summed E-state index contributed by atoms with van der Waals surface area (Å²) in [6, 6.07) is 9.15. The summed E-state index contributed by atoms with van der Waals surface area (Å²) in [7, 11) is -2.29. The Bertz CT molecular complexity index is 743. The number of sulfonamides is 1. The average molecular weight is 311 g/mol. The van der Waals surface area contributed by atoms with Crippen molar-refractivity contribution in [3.63, 3.8) is 0 Å². The first-order valence-electron chi connectivity index (χ1n) is 6.27. The maximum atomic E-state index is 13.1. The fourth-order valence-electron chi connectivity index (χ4n) is 2.00. The van der Waals surface area contributed by atoms with E-state index in [-0.39, 0.29) is 17.3 Å². The molecule has 0 fully saturated rings. The molecule has 0 heterocycles. The van der Waals surface area contributed by atoms with Crippen LogP contribution in [0.25, 0.3) is 0 Å². The van der Waals surface area contributed by atoms with E-state index in [1.165, 1.54) is 43.4 Å². The fourth-order valence-corrected chi connectivity index (χ4v) is 3.36. The zero-order chi connectivity index (χ0) is 15.6. The Morgan fingerprint density at radius 2 is 1.57 bits per heavy atom. The van der Waals surface area contributed by atoms with Gasteiger partial charge < -0.3 is 0 Å². The maximum absolute atomic E-state index is 13.1. The van der Waals surface area contributed by atoms with Crippen LogP contribution >= 0.6 is 0 Å². The lowest BCUT2D eigenvalue weighted by Gasteiger charge is -2.18. The molecule has 112 valence electrons. The normalized spacial score (nSPS) is 11.9. The lowest BCUT2D eigenvalue weighted by molar-refractivity contribution is 0.465. The largest absolute Gasteiger partial charge is 0.243 e. The minimum absolute atomic E-state index is 0.0634. The Labute approximate surface area is 122 Å². The molecule has 2 rings (SSSR count). The third-order valence-corrected chi connectivity index (χ3v) is 5.11. The number of hydrogen-bond donors (Lipinski definition) is 0. The number of hydrogen-bond acceptors (Lipinski definition) is 2. The standard InChI is InChI=1S/C15H15F2NO2S/c1-11-9-14(17)7-8-15(11)21(19,20)18(2)10-12-3-5-13(16)6-4-12/h3-9H,10H2,1-2H3. The van der Waals surface area contributed by atoms with Crippen LogP contribution in [-0.2, 0) is 16.6 Å². The summed E-state index contributed by atoms with van der Waals surface area (Å²) < 4.78 is 52.0. The second-order valence-electron chi connectivity index (χ2n) is 4.80. The molecular formula is C15H15F2NO2S. The van der Waals surface area contributed by atoms with Gasteiger partial charge in [-0.25, -0.2) is 17.2 Å². The Balaban J connectivity index is 2.28. The van der Waals surface area contributed by atoms with Gasteiger partial charge in [-0.3, -0.25) is 0 Å². The van der Waals surface area contributed by atoms with Crippen LogP contribution in [0.2, 0.25) is 0 Å². The quantitative estimate of drug-likeness (QED) is 0.870. The number of benzene rings is 2. The molecule has 0 unspecified atom stereocenters. The first-order chi connectivity index (χ1) is 9.80. The van der Waals surface area contributed by atoms with Crippen LogP contribution in [0, 0.1) is 18.6 Å². The predicted molar refractivity (Wildman–Crippen MR) is 76.2 cm³/mol. The van der Waals surface area contributed by atoms with Crippen molar-refractivity contribution in [3.8, 4) is 0 Å². The number of halogens is 2. The number of aryl methyl sites for hydroxylation is 1. The molecule has 3 nitrogen and oxygen atoms in total. The molecule has 0 aliphatic rings. The molecule has 0 aromatic heterocycles. The zero-order valence-corrected chi connectivity index (χ0v) is 12.5.